The third kappa shape index (κ3) is 3.20. The standard InChI is InChI=1S/C12H20N2O4/c1-9(12(16)14-4-7-17-8-5-14)13-11(15)10-3-2-6-18-10/h9-10H,2-8H2,1H3,(H,13,15)/t9-,10?/m1/s1. The smallest absolute Gasteiger partial charge is 0.249 e. The molecule has 6 heteroatoms. The molecule has 102 valence electrons. The van der Waals surface area contributed by atoms with Gasteiger partial charge in [-0.2, -0.15) is 0 Å². The summed E-state index contributed by atoms with van der Waals surface area (Å²) in [6, 6.07) is -0.500. The molecule has 0 radical (unpaired) electrons. The Morgan fingerprint density at radius 2 is 2.00 bits per heavy atom. The van der Waals surface area contributed by atoms with E-state index >= 15 is 0 Å². The highest BCUT2D eigenvalue weighted by Gasteiger charge is 2.28. The average Bonchev–Trinajstić information content (AvgIpc) is 2.92. The van der Waals surface area contributed by atoms with Gasteiger partial charge in [0.1, 0.15) is 12.1 Å². The Labute approximate surface area is 107 Å². The fourth-order valence-corrected chi connectivity index (χ4v) is 2.21. The summed E-state index contributed by atoms with van der Waals surface area (Å²) in [7, 11) is 0. The number of nitrogens with one attached hydrogen (secondary N) is 1. The molecule has 1 unspecified atom stereocenters. The topological polar surface area (TPSA) is 67.9 Å². The Bertz CT molecular complexity index is 309. The van der Waals surface area contributed by atoms with E-state index in [2.05, 4.69) is 5.32 Å². The van der Waals surface area contributed by atoms with Gasteiger partial charge in [0, 0.05) is 19.7 Å². The van der Waals surface area contributed by atoms with Crippen LogP contribution in [0.1, 0.15) is 19.8 Å². The molecule has 18 heavy (non-hydrogen) atoms. The zero-order valence-electron chi connectivity index (χ0n) is 10.7. The molecule has 6 nitrogen and oxygen atoms in total. The second-order valence-corrected chi connectivity index (χ2v) is 4.67. The highest BCUT2D eigenvalue weighted by Crippen LogP contribution is 2.12. The van der Waals surface area contributed by atoms with E-state index in [-0.39, 0.29) is 17.9 Å². The number of hydrogen-bond acceptors (Lipinski definition) is 4. The third-order valence-corrected chi connectivity index (χ3v) is 3.27. The molecule has 2 fully saturated rings. The van der Waals surface area contributed by atoms with E-state index in [4.69, 9.17) is 9.47 Å². The maximum Gasteiger partial charge on any atom is 0.249 e. The Kier molecular flexibility index (Phi) is 4.54. The maximum absolute atomic E-state index is 12.1. The normalized spacial score (nSPS) is 25.8. The van der Waals surface area contributed by atoms with Gasteiger partial charge < -0.3 is 19.7 Å². The average molecular weight is 256 g/mol. The van der Waals surface area contributed by atoms with Crippen molar-refractivity contribution < 1.29 is 19.1 Å². The van der Waals surface area contributed by atoms with Crippen molar-refractivity contribution in [2.75, 3.05) is 32.9 Å². The molecule has 2 amide bonds. The second-order valence-electron chi connectivity index (χ2n) is 4.67. The molecule has 2 saturated heterocycles. The molecular weight excluding hydrogens is 236 g/mol. The first-order chi connectivity index (χ1) is 8.68. The van der Waals surface area contributed by atoms with Gasteiger partial charge in [-0.05, 0) is 19.8 Å². The largest absolute Gasteiger partial charge is 0.378 e. The summed E-state index contributed by atoms with van der Waals surface area (Å²) in [6.45, 7) is 4.67. The Morgan fingerprint density at radius 3 is 2.61 bits per heavy atom. The van der Waals surface area contributed by atoms with Crippen LogP contribution >= 0.6 is 0 Å². The molecule has 0 aromatic rings. The quantitative estimate of drug-likeness (QED) is 0.741. The van der Waals surface area contributed by atoms with Crippen molar-refractivity contribution in [2.45, 2.75) is 31.9 Å². The molecule has 2 atom stereocenters. The summed E-state index contributed by atoms with van der Waals surface area (Å²) in [4.78, 5) is 25.6. The Morgan fingerprint density at radius 1 is 1.28 bits per heavy atom. The molecular formula is C12H20N2O4. The number of carbonyl (C=O) groups is 2. The van der Waals surface area contributed by atoms with E-state index in [1.807, 2.05) is 0 Å². The first-order valence-electron chi connectivity index (χ1n) is 6.47. The van der Waals surface area contributed by atoms with Crippen LogP contribution in [0.2, 0.25) is 0 Å². The monoisotopic (exact) mass is 256 g/mol. The number of morpholine rings is 1. The Hall–Kier alpha value is -1.14. The van der Waals surface area contributed by atoms with Gasteiger partial charge >= 0.3 is 0 Å². The highest BCUT2D eigenvalue weighted by molar-refractivity contribution is 5.89. The summed E-state index contributed by atoms with van der Waals surface area (Å²) in [5.41, 5.74) is 0. The lowest BCUT2D eigenvalue weighted by Gasteiger charge is -2.29. The molecule has 0 aromatic carbocycles. The fourth-order valence-electron chi connectivity index (χ4n) is 2.21. The van der Waals surface area contributed by atoms with E-state index in [9.17, 15) is 9.59 Å². The van der Waals surface area contributed by atoms with Crippen LogP contribution in [0, 0.1) is 0 Å². The first-order valence-corrected chi connectivity index (χ1v) is 6.47. The van der Waals surface area contributed by atoms with Crippen molar-refractivity contribution in [3.05, 3.63) is 0 Å². The molecule has 0 aromatic heterocycles. The van der Waals surface area contributed by atoms with E-state index < -0.39 is 6.04 Å². The van der Waals surface area contributed by atoms with Gasteiger partial charge in [-0.3, -0.25) is 9.59 Å². The molecule has 0 aliphatic carbocycles. The summed E-state index contributed by atoms with van der Waals surface area (Å²) in [6.07, 6.45) is 1.26. The van der Waals surface area contributed by atoms with Crippen molar-refractivity contribution in [1.29, 1.82) is 0 Å². The maximum atomic E-state index is 12.1. The van der Waals surface area contributed by atoms with Crippen LogP contribution in [-0.2, 0) is 19.1 Å². The minimum absolute atomic E-state index is 0.0513. The highest BCUT2D eigenvalue weighted by atomic mass is 16.5. The van der Waals surface area contributed by atoms with Gasteiger partial charge in [0.25, 0.3) is 0 Å². The van der Waals surface area contributed by atoms with Crippen LogP contribution < -0.4 is 5.32 Å². The molecule has 2 rings (SSSR count). The number of carbonyl (C=O) groups excluding carboxylic acids is 2. The van der Waals surface area contributed by atoms with Crippen molar-refractivity contribution in [1.82, 2.24) is 10.2 Å². The summed E-state index contributed by atoms with van der Waals surface area (Å²) in [5, 5.41) is 2.72. The van der Waals surface area contributed by atoms with Gasteiger partial charge in [-0.15, -0.1) is 0 Å². The van der Waals surface area contributed by atoms with Crippen LogP contribution in [0.5, 0.6) is 0 Å². The van der Waals surface area contributed by atoms with Gasteiger partial charge in [0.2, 0.25) is 11.8 Å². The zero-order chi connectivity index (χ0) is 13.0. The molecule has 0 bridgehead atoms. The number of nitrogens with zero attached hydrogens (tertiary/aromatic N) is 1. The van der Waals surface area contributed by atoms with Crippen molar-refractivity contribution >= 4 is 11.8 Å². The predicted octanol–water partition coefficient (Wildman–Crippen LogP) is -0.471. The number of ether oxygens (including phenoxy) is 2. The lowest BCUT2D eigenvalue weighted by Crippen LogP contribution is -2.52. The number of rotatable bonds is 3. The summed E-state index contributed by atoms with van der Waals surface area (Å²) in [5.74, 6) is -0.230. The van der Waals surface area contributed by atoms with Crippen LogP contribution in [0.25, 0.3) is 0 Å². The van der Waals surface area contributed by atoms with E-state index in [1.165, 1.54) is 0 Å². The third-order valence-electron chi connectivity index (χ3n) is 3.27. The minimum atomic E-state index is -0.500. The molecule has 2 aliphatic heterocycles. The Balaban J connectivity index is 1.80. The number of amides is 2. The van der Waals surface area contributed by atoms with Crippen molar-refractivity contribution in [3.8, 4) is 0 Å². The van der Waals surface area contributed by atoms with E-state index in [1.54, 1.807) is 11.8 Å². The van der Waals surface area contributed by atoms with Crippen LogP contribution in [0.3, 0.4) is 0 Å². The molecule has 2 heterocycles. The molecule has 0 spiro atoms. The van der Waals surface area contributed by atoms with Crippen molar-refractivity contribution in [2.24, 2.45) is 0 Å². The SMILES string of the molecule is C[C@@H](NC(=O)C1CCCO1)C(=O)N1CCOCC1. The molecule has 2 aliphatic rings. The van der Waals surface area contributed by atoms with Gasteiger partial charge in [0.15, 0.2) is 0 Å². The van der Waals surface area contributed by atoms with Gasteiger partial charge in [-0.25, -0.2) is 0 Å². The van der Waals surface area contributed by atoms with E-state index in [0.717, 1.165) is 12.8 Å². The van der Waals surface area contributed by atoms with E-state index in [0.29, 0.717) is 32.9 Å². The van der Waals surface area contributed by atoms with Crippen LogP contribution in [0.15, 0.2) is 0 Å². The lowest BCUT2D eigenvalue weighted by atomic mass is 10.2. The first kappa shape index (κ1) is 13.3. The lowest BCUT2D eigenvalue weighted by molar-refractivity contribution is -0.141. The zero-order valence-corrected chi connectivity index (χ0v) is 10.7. The second kappa shape index (κ2) is 6.15. The molecule has 0 saturated carbocycles. The minimum Gasteiger partial charge on any atom is -0.378 e. The van der Waals surface area contributed by atoms with Crippen molar-refractivity contribution in [3.63, 3.8) is 0 Å². The summed E-state index contributed by atoms with van der Waals surface area (Å²) < 4.78 is 10.5. The fraction of sp³-hybridized carbons (Fsp3) is 0.833. The van der Waals surface area contributed by atoms with Gasteiger partial charge in [0.05, 0.1) is 13.2 Å². The molecule has 1 N–H and O–H groups in total. The van der Waals surface area contributed by atoms with Gasteiger partial charge in [-0.1, -0.05) is 0 Å². The summed E-state index contributed by atoms with van der Waals surface area (Å²) >= 11 is 0. The van der Waals surface area contributed by atoms with Crippen LogP contribution in [-0.4, -0.2) is 61.8 Å². The predicted molar refractivity (Wildman–Crippen MR) is 64.0 cm³/mol. The number of hydrogen-bond donors (Lipinski definition) is 1. The van der Waals surface area contributed by atoms with Crippen LogP contribution in [0.4, 0.5) is 0 Å².